The molecule has 0 saturated heterocycles. The van der Waals surface area contributed by atoms with E-state index in [9.17, 15) is 4.79 Å². The number of hydrogen-bond acceptors (Lipinski definition) is 1. The zero-order valence-electron chi connectivity index (χ0n) is 15.9. The molecule has 0 N–H and O–H groups in total. The van der Waals surface area contributed by atoms with Crippen molar-refractivity contribution in [2.75, 3.05) is 23.9 Å². The minimum absolute atomic E-state index is 0. The van der Waals surface area contributed by atoms with Gasteiger partial charge in [-0.2, -0.15) is 60.7 Å². The summed E-state index contributed by atoms with van der Waals surface area (Å²) in [6.45, 7) is 0. The maximum absolute atomic E-state index is 12.1. The summed E-state index contributed by atoms with van der Waals surface area (Å²) in [6.07, 6.45) is 0. The van der Waals surface area contributed by atoms with Gasteiger partial charge in [-0.25, -0.2) is 24.3 Å². The number of amides is 2. The first-order valence-corrected chi connectivity index (χ1v) is 8.48. The number of rotatable bonds is 2. The molecular formula is C23H24Fe2N2O. The number of anilines is 2. The van der Waals surface area contributed by atoms with Crippen LogP contribution >= 0.6 is 0 Å². The quantitative estimate of drug-likeness (QED) is 0.284. The molecule has 0 radical (unpaired) electrons. The van der Waals surface area contributed by atoms with Crippen LogP contribution in [0.4, 0.5) is 16.2 Å². The maximum Gasteiger partial charge on any atom is 2.00 e. The second-order valence-corrected chi connectivity index (χ2v) is 5.61. The maximum atomic E-state index is 12.1. The van der Waals surface area contributed by atoms with Crippen LogP contribution < -0.4 is 9.80 Å². The number of hydrogen-bond donors (Lipinski definition) is 0. The van der Waals surface area contributed by atoms with Crippen molar-refractivity contribution in [3.8, 4) is 0 Å². The molecule has 4 aromatic carbocycles. The average Bonchev–Trinajstić information content (AvgIpc) is 3.51. The molecule has 4 rings (SSSR count). The van der Waals surface area contributed by atoms with Gasteiger partial charge in [-0.05, 0) is 25.5 Å². The standard InChI is InChI=1S/C13H14N2O.2C5H5.2Fe/c1-14(11-7-3-4-8-11)13(16)15(2)12-9-5-6-10-12;2*1-2-4-5-3-1;;/h3-10H,1-2H3;2*1-5H;;/q-2;2*-1;2*+2. The molecule has 3 nitrogen and oxygen atoms in total. The zero-order valence-corrected chi connectivity index (χ0v) is 18.1. The first-order valence-electron chi connectivity index (χ1n) is 8.48. The van der Waals surface area contributed by atoms with Crippen LogP contribution in [0.2, 0.25) is 0 Å². The van der Waals surface area contributed by atoms with E-state index >= 15 is 0 Å². The van der Waals surface area contributed by atoms with Gasteiger partial charge in [0.25, 0.3) is 0 Å². The van der Waals surface area contributed by atoms with Crippen LogP contribution in [0.25, 0.3) is 0 Å². The van der Waals surface area contributed by atoms with Gasteiger partial charge in [-0.15, -0.1) is 24.3 Å². The normalized spacial score (nSPS) is 8.64. The molecule has 5 heteroatoms. The second kappa shape index (κ2) is 14.7. The zero-order chi connectivity index (χ0) is 18.6. The fourth-order valence-electron chi connectivity index (χ4n) is 2.26. The van der Waals surface area contributed by atoms with Crippen molar-refractivity contribution in [2.24, 2.45) is 0 Å². The number of urea groups is 1. The van der Waals surface area contributed by atoms with E-state index in [4.69, 9.17) is 0 Å². The summed E-state index contributed by atoms with van der Waals surface area (Å²) >= 11 is 0. The van der Waals surface area contributed by atoms with Crippen molar-refractivity contribution >= 4 is 17.4 Å². The largest absolute Gasteiger partial charge is 2.00 e. The minimum atomic E-state index is -0.0441. The summed E-state index contributed by atoms with van der Waals surface area (Å²) in [7, 11) is 3.55. The summed E-state index contributed by atoms with van der Waals surface area (Å²) < 4.78 is 0. The molecule has 2 amide bonds. The van der Waals surface area contributed by atoms with Crippen LogP contribution in [0.1, 0.15) is 0 Å². The fraction of sp³-hybridized carbons (Fsp3) is 0.0870. The summed E-state index contributed by atoms with van der Waals surface area (Å²) in [5, 5.41) is 0. The third kappa shape index (κ3) is 8.60. The Labute approximate surface area is 189 Å². The molecule has 0 atom stereocenters. The Hall–Kier alpha value is -2.29. The summed E-state index contributed by atoms with van der Waals surface area (Å²) in [5.74, 6) is 0. The molecule has 0 spiro atoms. The Morgan fingerprint density at radius 3 is 1.11 bits per heavy atom. The number of carbonyl (C=O) groups excluding carboxylic acids is 1. The van der Waals surface area contributed by atoms with E-state index in [1.807, 2.05) is 109 Å². The molecule has 0 fully saturated rings. The van der Waals surface area contributed by atoms with Crippen LogP contribution in [0, 0.1) is 0 Å². The predicted octanol–water partition coefficient (Wildman–Crippen LogP) is 5.62. The van der Waals surface area contributed by atoms with Crippen LogP contribution in [0.5, 0.6) is 0 Å². The van der Waals surface area contributed by atoms with Crippen molar-refractivity contribution in [1.29, 1.82) is 0 Å². The van der Waals surface area contributed by atoms with Crippen molar-refractivity contribution in [2.45, 2.75) is 0 Å². The number of carbonyl (C=O) groups is 1. The molecule has 0 saturated carbocycles. The van der Waals surface area contributed by atoms with Crippen molar-refractivity contribution in [3.05, 3.63) is 109 Å². The predicted molar refractivity (Wildman–Crippen MR) is 110 cm³/mol. The van der Waals surface area contributed by atoms with E-state index in [1.54, 1.807) is 23.9 Å². The van der Waals surface area contributed by atoms with Gasteiger partial charge >= 0.3 is 34.1 Å². The Bertz CT molecular complexity index is 686. The van der Waals surface area contributed by atoms with Gasteiger partial charge in [-0.1, -0.05) is 0 Å². The minimum Gasteiger partial charge on any atom is -0.377 e. The van der Waals surface area contributed by atoms with Crippen LogP contribution in [0.15, 0.2) is 109 Å². The summed E-state index contributed by atoms with van der Waals surface area (Å²) in [5.41, 5.74) is 1.81. The van der Waals surface area contributed by atoms with E-state index in [1.165, 1.54) is 0 Å². The topological polar surface area (TPSA) is 23.6 Å². The summed E-state index contributed by atoms with van der Waals surface area (Å²) in [6, 6.07) is 35.3. The Balaban J connectivity index is 0.000000500. The molecule has 0 aromatic heterocycles. The molecule has 0 bridgehead atoms. The number of nitrogens with zero attached hydrogens (tertiary/aromatic N) is 2. The summed E-state index contributed by atoms with van der Waals surface area (Å²) in [4.78, 5) is 15.4. The van der Waals surface area contributed by atoms with Crippen LogP contribution in [-0.4, -0.2) is 20.1 Å². The van der Waals surface area contributed by atoms with Gasteiger partial charge in [-0.3, -0.25) is 0 Å². The molecule has 4 aromatic rings. The Kier molecular flexibility index (Phi) is 13.5. The Morgan fingerprint density at radius 2 is 0.893 bits per heavy atom. The van der Waals surface area contributed by atoms with E-state index < -0.39 is 0 Å². The third-order valence-electron chi connectivity index (χ3n) is 3.75. The molecule has 0 aliphatic rings. The van der Waals surface area contributed by atoms with E-state index in [-0.39, 0.29) is 40.2 Å². The molecular weight excluding hydrogens is 432 g/mol. The van der Waals surface area contributed by atoms with Crippen molar-refractivity contribution in [3.63, 3.8) is 0 Å². The monoisotopic (exact) mass is 456 g/mol. The van der Waals surface area contributed by atoms with Gasteiger partial charge in [0.1, 0.15) is 0 Å². The SMILES string of the molecule is CN(C(=O)N(C)[c-]1cccc1)[c-]1cccc1.[Fe+2].[Fe+2].c1cc[cH-]c1.c1cc[cH-]c1. The first-order chi connectivity index (χ1) is 12.7. The second-order valence-electron chi connectivity index (χ2n) is 5.61. The Morgan fingerprint density at radius 1 is 0.607 bits per heavy atom. The van der Waals surface area contributed by atoms with Crippen LogP contribution in [-0.2, 0) is 34.1 Å². The smallest absolute Gasteiger partial charge is 0.377 e. The van der Waals surface area contributed by atoms with Gasteiger partial charge in [0, 0.05) is 0 Å². The molecule has 148 valence electrons. The third-order valence-corrected chi connectivity index (χ3v) is 3.75. The van der Waals surface area contributed by atoms with Crippen molar-refractivity contribution < 1.29 is 38.9 Å². The van der Waals surface area contributed by atoms with E-state index in [0.717, 1.165) is 11.4 Å². The molecule has 0 aliphatic heterocycles. The molecule has 0 aliphatic carbocycles. The van der Waals surface area contributed by atoms with Gasteiger partial charge in [0.2, 0.25) is 6.03 Å². The van der Waals surface area contributed by atoms with Crippen molar-refractivity contribution in [1.82, 2.24) is 0 Å². The van der Waals surface area contributed by atoms with E-state index in [0.29, 0.717) is 0 Å². The van der Waals surface area contributed by atoms with E-state index in [2.05, 4.69) is 0 Å². The molecule has 0 unspecified atom stereocenters. The van der Waals surface area contributed by atoms with Gasteiger partial charge in [0.05, 0.1) is 0 Å². The average molecular weight is 456 g/mol. The molecule has 28 heavy (non-hydrogen) atoms. The fourth-order valence-corrected chi connectivity index (χ4v) is 2.26. The van der Waals surface area contributed by atoms with Gasteiger partial charge in [0.15, 0.2) is 0 Å². The molecule has 0 heterocycles. The van der Waals surface area contributed by atoms with Crippen LogP contribution in [0.3, 0.4) is 0 Å². The van der Waals surface area contributed by atoms with Gasteiger partial charge < -0.3 is 14.6 Å². The first kappa shape index (κ1) is 25.7.